The number of nitrogens with zero attached hydrogens (tertiary/aromatic N) is 2. The number of rotatable bonds is 13. The number of hydrogen-bond acceptors (Lipinski definition) is 6. The quantitative estimate of drug-likeness (QED) is 0.309. The Kier molecular flexibility index (Phi) is 12.2. The molecule has 1 heterocycles. The van der Waals surface area contributed by atoms with Gasteiger partial charge in [0.1, 0.15) is 12.0 Å². The number of ether oxygens (including phenoxy) is 1. The summed E-state index contributed by atoms with van der Waals surface area (Å²) in [4.78, 5) is 17.4. The second-order valence-electron chi connectivity index (χ2n) is 9.67. The molecule has 0 saturated carbocycles. The average Bonchev–Trinajstić information content (AvgIpc) is 2.77. The van der Waals surface area contributed by atoms with Crippen LogP contribution in [-0.4, -0.2) is 73.9 Å². The lowest BCUT2D eigenvalue weighted by Crippen LogP contribution is -2.71. The minimum atomic E-state index is -4.76. The first-order valence-corrected chi connectivity index (χ1v) is 12.9. The Morgan fingerprint density at radius 2 is 1.89 bits per heavy atom. The highest BCUT2D eigenvalue weighted by molar-refractivity contribution is 5.89. The van der Waals surface area contributed by atoms with Gasteiger partial charge >= 0.3 is 12.4 Å². The SMILES string of the molecule is CCCCC(CCC)N1C(C)CC(NCCN(C)C)NC1NC(=O)Nc1ccc(OC(F)(F)F)cc1. The van der Waals surface area contributed by atoms with Crippen molar-refractivity contribution in [3.05, 3.63) is 24.3 Å². The van der Waals surface area contributed by atoms with Crippen LogP contribution in [0.3, 0.4) is 0 Å². The monoisotopic (exact) mass is 516 g/mol. The second-order valence-corrected chi connectivity index (χ2v) is 9.67. The van der Waals surface area contributed by atoms with Gasteiger partial charge < -0.3 is 25.6 Å². The van der Waals surface area contributed by atoms with Crippen LogP contribution < -0.4 is 26.0 Å². The Labute approximate surface area is 213 Å². The number of halogens is 3. The first-order valence-electron chi connectivity index (χ1n) is 12.9. The average molecular weight is 517 g/mol. The molecule has 1 aromatic carbocycles. The van der Waals surface area contributed by atoms with Gasteiger partial charge in [-0.25, -0.2) is 4.79 Å². The fraction of sp³-hybridized carbons (Fsp3) is 0.720. The van der Waals surface area contributed by atoms with Crippen LogP contribution >= 0.6 is 0 Å². The van der Waals surface area contributed by atoms with Crippen molar-refractivity contribution in [2.45, 2.75) is 90.2 Å². The largest absolute Gasteiger partial charge is 0.573 e. The summed E-state index contributed by atoms with van der Waals surface area (Å²) in [6.45, 7) is 8.27. The maximum atomic E-state index is 12.9. The number of carbonyl (C=O) groups is 1. The van der Waals surface area contributed by atoms with Crippen LogP contribution in [0, 0.1) is 0 Å². The van der Waals surface area contributed by atoms with Crippen molar-refractivity contribution >= 4 is 11.7 Å². The molecule has 0 bridgehead atoms. The number of unbranched alkanes of at least 4 members (excludes halogenated alkanes) is 1. The minimum Gasteiger partial charge on any atom is -0.406 e. The van der Waals surface area contributed by atoms with Gasteiger partial charge in [-0.05, 0) is 64.5 Å². The van der Waals surface area contributed by atoms with Crippen molar-refractivity contribution in [2.75, 3.05) is 32.5 Å². The molecular formula is C25H43F3N6O2. The van der Waals surface area contributed by atoms with Crippen molar-refractivity contribution in [3.8, 4) is 5.75 Å². The Balaban J connectivity index is 2.11. The topological polar surface area (TPSA) is 80.9 Å². The van der Waals surface area contributed by atoms with Crippen LogP contribution in [0.15, 0.2) is 24.3 Å². The standard InChI is InChI=1S/C25H43F3N6O2/c1-6-8-10-20(9-7-2)34-18(3)17-22(29-15-16-33(4)5)31-23(34)32-24(35)30-19-11-13-21(14-12-19)36-25(26,27)28/h11-14,18,20,22-23,29,31H,6-10,15-17H2,1-5H3,(H2,30,32,35). The molecule has 0 spiro atoms. The van der Waals surface area contributed by atoms with E-state index in [1.807, 2.05) is 14.1 Å². The number of benzene rings is 1. The van der Waals surface area contributed by atoms with Crippen molar-refractivity contribution in [3.63, 3.8) is 0 Å². The minimum absolute atomic E-state index is 0.0359. The molecule has 1 saturated heterocycles. The van der Waals surface area contributed by atoms with Gasteiger partial charge in [0.2, 0.25) is 0 Å². The van der Waals surface area contributed by atoms with E-state index in [0.29, 0.717) is 11.7 Å². The predicted octanol–water partition coefficient (Wildman–Crippen LogP) is 4.51. The molecule has 0 radical (unpaired) electrons. The number of amides is 2. The summed E-state index contributed by atoms with van der Waals surface area (Å²) in [5.74, 6) is -0.340. The molecule has 1 aliphatic rings. The third kappa shape index (κ3) is 10.5. The first-order chi connectivity index (χ1) is 17.0. The van der Waals surface area contributed by atoms with E-state index in [4.69, 9.17) is 0 Å². The van der Waals surface area contributed by atoms with E-state index >= 15 is 0 Å². The summed E-state index contributed by atoms with van der Waals surface area (Å²) in [6, 6.07) is 5.22. The molecule has 1 fully saturated rings. The van der Waals surface area contributed by atoms with Crippen LogP contribution in [0.5, 0.6) is 5.75 Å². The third-order valence-electron chi connectivity index (χ3n) is 6.24. The van der Waals surface area contributed by atoms with Gasteiger partial charge in [-0.3, -0.25) is 10.2 Å². The second kappa shape index (κ2) is 14.6. The van der Waals surface area contributed by atoms with Crippen LogP contribution in [-0.2, 0) is 0 Å². The molecular weight excluding hydrogens is 473 g/mol. The molecule has 1 aromatic rings. The van der Waals surface area contributed by atoms with E-state index in [-0.39, 0.29) is 18.0 Å². The summed E-state index contributed by atoms with van der Waals surface area (Å²) in [5, 5.41) is 12.9. The first kappa shape index (κ1) is 30.1. The molecule has 4 unspecified atom stereocenters. The Bertz CT molecular complexity index is 778. The highest BCUT2D eigenvalue weighted by Crippen LogP contribution is 2.25. The maximum absolute atomic E-state index is 12.9. The fourth-order valence-electron chi connectivity index (χ4n) is 4.60. The molecule has 11 heteroatoms. The summed E-state index contributed by atoms with van der Waals surface area (Å²) in [6.07, 6.45) is 1.14. The van der Waals surface area contributed by atoms with Gasteiger partial charge in [-0.15, -0.1) is 13.2 Å². The molecule has 0 aliphatic carbocycles. The van der Waals surface area contributed by atoms with Gasteiger partial charge in [0.15, 0.2) is 0 Å². The molecule has 8 nitrogen and oxygen atoms in total. The summed E-state index contributed by atoms with van der Waals surface area (Å²) < 4.78 is 41.1. The van der Waals surface area contributed by atoms with E-state index in [1.54, 1.807) is 0 Å². The molecule has 4 atom stereocenters. The zero-order valence-electron chi connectivity index (χ0n) is 22.1. The molecule has 0 aromatic heterocycles. The zero-order chi connectivity index (χ0) is 26.7. The Hall–Kier alpha value is -2.08. The lowest BCUT2D eigenvalue weighted by atomic mass is 9.98. The molecule has 2 amide bonds. The van der Waals surface area contributed by atoms with Crippen molar-refractivity contribution in [1.82, 2.24) is 25.8 Å². The number of alkyl halides is 3. The lowest BCUT2D eigenvalue weighted by Gasteiger charge is -2.49. The van der Waals surface area contributed by atoms with Gasteiger partial charge in [0, 0.05) is 30.9 Å². The lowest BCUT2D eigenvalue weighted by molar-refractivity contribution is -0.274. The molecule has 206 valence electrons. The molecule has 2 rings (SSSR count). The molecule has 1 aliphatic heterocycles. The smallest absolute Gasteiger partial charge is 0.406 e. The number of hydrogen-bond donors (Lipinski definition) is 4. The van der Waals surface area contributed by atoms with Crippen LogP contribution in [0.4, 0.5) is 23.7 Å². The molecule has 4 N–H and O–H groups in total. The van der Waals surface area contributed by atoms with Gasteiger partial charge in [-0.2, -0.15) is 0 Å². The fourth-order valence-corrected chi connectivity index (χ4v) is 4.60. The van der Waals surface area contributed by atoms with Crippen molar-refractivity contribution in [1.29, 1.82) is 0 Å². The normalized spacial score (nSPS) is 21.9. The zero-order valence-corrected chi connectivity index (χ0v) is 22.1. The van der Waals surface area contributed by atoms with Gasteiger partial charge in [-0.1, -0.05) is 33.1 Å². The maximum Gasteiger partial charge on any atom is 0.573 e. The van der Waals surface area contributed by atoms with Crippen molar-refractivity contribution < 1.29 is 22.7 Å². The highest BCUT2D eigenvalue weighted by atomic mass is 19.4. The highest BCUT2D eigenvalue weighted by Gasteiger charge is 2.37. The Morgan fingerprint density at radius 1 is 1.19 bits per heavy atom. The number of nitrogens with one attached hydrogen (secondary N) is 4. The number of urea groups is 1. The van der Waals surface area contributed by atoms with Gasteiger partial charge in [0.05, 0.1) is 6.17 Å². The summed E-state index contributed by atoms with van der Waals surface area (Å²) in [5.41, 5.74) is 0.370. The van der Waals surface area contributed by atoms with E-state index in [1.165, 1.54) is 24.3 Å². The van der Waals surface area contributed by atoms with Crippen LogP contribution in [0.2, 0.25) is 0 Å². The van der Waals surface area contributed by atoms with E-state index < -0.39 is 18.7 Å². The van der Waals surface area contributed by atoms with Crippen molar-refractivity contribution in [2.24, 2.45) is 0 Å². The predicted molar refractivity (Wildman–Crippen MR) is 137 cm³/mol. The van der Waals surface area contributed by atoms with Crippen LogP contribution in [0.25, 0.3) is 0 Å². The number of likely N-dealkylation sites (N-methyl/N-ethyl adjacent to an activating group) is 1. The van der Waals surface area contributed by atoms with Gasteiger partial charge in [0.25, 0.3) is 0 Å². The number of carbonyl (C=O) groups excluding carboxylic acids is 1. The van der Waals surface area contributed by atoms with E-state index in [0.717, 1.165) is 51.6 Å². The molecule has 36 heavy (non-hydrogen) atoms. The third-order valence-corrected chi connectivity index (χ3v) is 6.24. The number of anilines is 1. The van der Waals surface area contributed by atoms with E-state index in [9.17, 15) is 18.0 Å². The summed E-state index contributed by atoms with van der Waals surface area (Å²) in [7, 11) is 4.06. The summed E-state index contributed by atoms with van der Waals surface area (Å²) >= 11 is 0. The van der Waals surface area contributed by atoms with Crippen LogP contribution in [0.1, 0.15) is 59.3 Å². The van der Waals surface area contributed by atoms with E-state index in [2.05, 4.69) is 56.6 Å². The Morgan fingerprint density at radius 3 is 2.47 bits per heavy atom.